The summed E-state index contributed by atoms with van der Waals surface area (Å²) < 4.78 is 5.03. The van der Waals surface area contributed by atoms with Gasteiger partial charge in [-0.15, -0.1) is 11.8 Å². The van der Waals surface area contributed by atoms with Gasteiger partial charge in [0, 0.05) is 10.6 Å². The number of ether oxygens (including phenoxy) is 1. The van der Waals surface area contributed by atoms with E-state index < -0.39 is 18.0 Å². The highest BCUT2D eigenvalue weighted by Crippen LogP contribution is 2.27. The summed E-state index contributed by atoms with van der Waals surface area (Å²) in [6.45, 7) is 5.62. The normalized spacial score (nSPS) is 11.8. The van der Waals surface area contributed by atoms with Crippen LogP contribution >= 0.6 is 11.8 Å². The first-order valence-corrected chi connectivity index (χ1v) is 8.64. The van der Waals surface area contributed by atoms with Crippen molar-refractivity contribution < 1.29 is 14.3 Å². The van der Waals surface area contributed by atoms with Crippen molar-refractivity contribution >= 4 is 23.6 Å². The van der Waals surface area contributed by atoms with Gasteiger partial charge in [-0.25, -0.2) is 4.79 Å². The van der Waals surface area contributed by atoms with Gasteiger partial charge in [0.05, 0.1) is 5.56 Å². The summed E-state index contributed by atoms with van der Waals surface area (Å²) in [6.07, 6.45) is -0.939. The van der Waals surface area contributed by atoms with E-state index in [9.17, 15) is 9.59 Å². The van der Waals surface area contributed by atoms with Crippen LogP contribution in [0.25, 0.3) is 0 Å². The third-order valence-corrected chi connectivity index (χ3v) is 4.82. The highest BCUT2D eigenvalue weighted by atomic mass is 32.2. The number of hydrogen-bond donors (Lipinski definition) is 1. The SMILES string of the molecule is Cc1ccc(SCc2cccc(C(=O)O[C@H](C)C(N)=O)c2)c(C)c1. The second-order valence-electron chi connectivity index (χ2n) is 5.71. The van der Waals surface area contributed by atoms with Crippen LogP contribution < -0.4 is 5.73 Å². The van der Waals surface area contributed by atoms with Crippen LogP contribution in [0.1, 0.15) is 34.0 Å². The monoisotopic (exact) mass is 343 g/mol. The van der Waals surface area contributed by atoms with E-state index in [4.69, 9.17) is 10.5 Å². The van der Waals surface area contributed by atoms with Gasteiger partial charge in [-0.05, 0) is 50.1 Å². The minimum atomic E-state index is -0.939. The zero-order valence-electron chi connectivity index (χ0n) is 14.0. The molecule has 2 aromatic carbocycles. The molecule has 1 amide bonds. The number of thioether (sulfide) groups is 1. The number of benzene rings is 2. The predicted octanol–water partition coefficient (Wildman–Crippen LogP) is 3.63. The molecule has 0 heterocycles. The molecule has 0 fully saturated rings. The summed E-state index contributed by atoms with van der Waals surface area (Å²) in [7, 11) is 0. The van der Waals surface area contributed by atoms with E-state index in [1.807, 2.05) is 12.1 Å². The van der Waals surface area contributed by atoms with E-state index in [1.165, 1.54) is 22.9 Å². The first-order valence-electron chi connectivity index (χ1n) is 7.66. The summed E-state index contributed by atoms with van der Waals surface area (Å²) >= 11 is 1.72. The van der Waals surface area contributed by atoms with E-state index in [0.717, 1.165) is 11.3 Å². The largest absolute Gasteiger partial charge is 0.449 e. The molecule has 24 heavy (non-hydrogen) atoms. The van der Waals surface area contributed by atoms with Crippen LogP contribution in [0, 0.1) is 13.8 Å². The van der Waals surface area contributed by atoms with Gasteiger partial charge in [0.2, 0.25) is 0 Å². The molecule has 0 spiro atoms. The average molecular weight is 343 g/mol. The van der Waals surface area contributed by atoms with Crippen molar-refractivity contribution in [3.8, 4) is 0 Å². The van der Waals surface area contributed by atoms with Crippen molar-refractivity contribution in [2.75, 3.05) is 0 Å². The Morgan fingerprint density at radius 1 is 1.17 bits per heavy atom. The van der Waals surface area contributed by atoms with Crippen molar-refractivity contribution in [2.24, 2.45) is 5.73 Å². The third kappa shape index (κ3) is 4.86. The lowest BCUT2D eigenvalue weighted by Crippen LogP contribution is -2.30. The fourth-order valence-corrected chi connectivity index (χ4v) is 3.15. The average Bonchev–Trinajstić information content (AvgIpc) is 2.54. The topological polar surface area (TPSA) is 69.4 Å². The summed E-state index contributed by atoms with van der Waals surface area (Å²) in [5.74, 6) is -0.458. The molecule has 4 nitrogen and oxygen atoms in total. The van der Waals surface area contributed by atoms with Crippen LogP contribution in [-0.4, -0.2) is 18.0 Å². The zero-order valence-corrected chi connectivity index (χ0v) is 14.9. The molecule has 2 rings (SSSR count). The molecule has 0 unspecified atom stereocenters. The van der Waals surface area contributed by atoms with Crippen molar-refractivity contribution in [3.05, 3.63) is 64.7 Å². The second-order valence-corrected chi connectivity index (χ2v) is 6.73. The highest BCUT2D eigenvalue weighted by Gasteiger charge is 2.16. The lowest BCUT2D eigenvalue weighted by molar-refractivity contribution is -0.125. The Balaban J connectivity index is 2.04. The maximum absolute atomic E-state index is 12.0. The van der Waals surface area contributed by atoms with Gasteiger partial charge in [0.1, 0.15) is 0 Å². The van der Waals surface area contributed by atoms with Crippen LogP contribution in [0.2, 0.25) is 0 Å². The molecule has 0 aromatic heterocycles. The number of hydrogen-bond acceptors (Lipinski definition) is 4. The van der Waals surface area contributed by atoms with Gasteiger partial charge >= 0.3 is 5.97 Å². The summed E-state index contributed by atoms with van der Waals surface area (Å²) in [4.78, 5) is 24.2. The summed E-state index contributed by atoms with van der Waals surface area (Å²) in [5.41, 5.74) is 9.03. The van der Waals surface area contributed by atoms with Crippen molar-refractivity contribution in [2.45, 2.75) is 37.5 Å². The van der Waals surface area contributed by atoms with E-state index in [-0.39, 0.29) is 0 Å². The maximum Gasteiger partial charge on any atom is 0.338 e. The van der Waals surface area contributed by atoms with Crippen molar-refractivity contribution in [1.29, 1.82) is 0 Å². The second kappa shape index (κ2) is 8.02. The molecule has 0 saturated carbocycles. The van der Waals surface area contributed by atoms with Crippen molar-refractivity contribution in [1.82, 2.24) is 0 Å². The molecule has 0 bridgehead atoms. The Labute approximate surface area is 146 Å². The van der Waals surface area contributed by atoms with Crippen LogP contribution in [0.4, 0.5) is 0 Å². The van der Waals surface area contributed by atoms with Gasteiger partial charge < -0.3 is 10.5 Å². The fraction of sp³-hybridized carbons (Fsp3) is 0.263. The molecule has 0 radical (unpaired) electrons. The number of carbonyl (C=O) groups excluding carboxylic acids is 2. The quantitative estimate of drug-likeness (QED) is 0.642. The van der Waals surface area contributed by atoms with Crippen LogP contribution in [-0.2, 0) is 15.3 Å². The molecule has 0 aliphatic rings. The smallest absolute Gasteiger partial charge is 0.338 e. The Kier molecular flexibility index (Phi) is 6.04. The number of aryl methyl sites for hydroxylation is 2. The van der Waals surface area contributed by atoms with E-state index in [0.29, 0.717) is 5.56 Å². The minimum Gasteiger partial charge on any atom is -0.449 e. The molecule has 0 aliphatic carbocycles. The Morgan fingerprint density at radius 3 is 2.58 bits per heavy atom. The number of amides is 1. The molecular weight excluding hydrogens is 322 g/mol. The first kappa shape index (κ1) is 18.1. The molecule has 0 saturated heterocycles. The number of primary amides is 1. The van der Waals surface area contributed by atoms with Crippen LogP contribution in [0.3, 0.4) is 0 Å². The maximum atomic E-state index is 12.0. The summed E-state index contributed by atoms with van der Waals surface area (Å²) in [5, 5.41) is 0. The predicted molar refractivity (Wildman–Crippen MR) is 96.0 cm³/mol. The van der Waals surface area contributed by atoms with Gasteiger partial charge in [-0.2, -0.15) is 0 Å². The lowest BCUT2D eigenvalue weighted by atomic mass is 10.1. The Bertz CT molecular complexity index is 758. The Morgan fingerprint density at radius 2 is 1.92 bits per heavy atom. The molecule has 2 N–H and O–H groups in total. The molecule has 1 atom stereocenters. The summed E-state index contributed by atoms with van der Waals surface area (Å²) in [6, 6.07) is 13.6. The standard InChI is InChI=1S/C19H21NO3S/c1-12-7-8-17(13(2)9-12)24-11-15-5-4-6-16(10-15)19(22)23-14(3)18(20)21/h4-10,14H,11H2,1-3H3,(H2,20,21)/t14-/m1/s1. The molecular formula is C19H21NO3S. The van der Waals surface area contributed by atoms with Crippen LogP contribution in [0.5, 0.6) is 0 Å². The van der Waals surface area contributed by atoms with E-state index >= 15 is 0 Å². The lowest BCUT2D eigenvalue weighted by Gasteiger charge is -2.11. The van der Waals surface area contributed by atoms with Gasteiger partial charge in [-0.3, -0.25) is 4.79 Å². The third-order valence-electron chi connectivity index (χ3n) is 3.57. The molecule has 126 valence electrons. The number of esters is 1. The van der Waals surface area contributed by atoms with E-state index in [1.54, 1.807) is 23.9 Å². The van der Waals surface area contributed by atoms with Crippen LogP contribution in [0.15, 0.2) is 47.4 Å². The van der Waals surface area contributed by atoms with Gasteiger partial charge in [-0.1, -0.05) is 29.8 Å². The van der Waals surface area contributed by atoms with Gasteiger partial charge in [0.25, 0.3) is 5.91 Å². The fourth-order valence-electron chi connectivity index (χ4n) is 2.20. The number of carbonyl (C=O) groups is 2. The minimum absolute atomic E-state index is 0.418. The van der Waals surface area contributed by atoms with Crippen molar-refractivity contribution in [3.63, 3.8) is 0 Å². The zero-order chi connectivity index (χ0) is 17.7. The van der Waals surface area contributed by atoms with E-state index in [2.05, 4.69) is 32.0 Å². The first-order chi connectivity index (χ1) is 11.4. The molecule has 2 aromatic rings. The molecule has 0 aliphatic heterocycles. The highest BCUT2D eigenvalue weighted by molar-refractivity contribution is 7.98. The Hall–Kier alpha value is -2.27. The molecule has 5 heteroatoms. The number of rotatable bonds is 6. The number of nitrogens with two attached hydrogens (primary N) is 1. The van der Waals surface area contributed by atoms with Gasteiger partial charge in [0.15, 0.2) is 6.10 Å².